The molecule has 0 spiro atoms. The zero-order chi connectivity index (χ0) is 33.5. The lowest BCUT2D eigenvalue weighted by Gasteiger charge is -2.11. The molecule has 0 amide bonds. The van der Waals surface area contributed by atoms with Gasteiger partial charge in [0.25, 0.3) is 0 Å². The molecular formula is C48H30N2O. The zero-order valence-corrected chi connectivity index (χ0v) is 27.6. The molecule has 0 N–H and O–H groups in total. The summed E-state index contributed by atoms with van der Waals surface area (Å²) in [4.78, 5) is 0. The molecule has 3 heteroatoms. The molecular weight excluding hydrogens is 621 g/mol. The number of rotatable bonds is 4. The van der Waals surface area contributed by atoms with E-state index in [0.29, 0.717) is 0 Å². The number of nitrogens with zero attached hydrogens (tertiary/aromatic N) is 2. The van der Waals surface area contributed by atoms with Crippen LogP contribution in [0.1, 0.15) is 0 Å². The first kappa shape index (κ1) is 28.0. The highest BCUT2D eigenvalue weighted by atomic mass is 16.3. The largest absolute Gasteiger partial charge is 0.454 e. The smallest absolute Gasteiger partial charge is 0.160 e. The summed E-state index contributed by atoms with van der Waals surface area (Å²) in [5.41, 5.74) is 13.6. The van der Waals surface area contributed by atoms with Gasteiger partial charge in [-0.15, -0.1) is 0 Å². The number of furan rings is 1. The molecule has 3 nitrogen and oxygen atoms in total. The number of hydrogen-bond acceptors (Lipinski definition) is 1. The van der Waals surface area contributed by atoms with Gasteiger partial charge in [-0.05, 0) is 76.9 Å². The Morgan fingerprint density at radius 2 is 0.824 bits per heavy atom. The second-order valence-electron chi connectivity index (χ2n) is 13.3. The Labute approximate surface area is 293 Å². The van der Waals surface area contributed by atoms with Crippen LogP contribution in [0.4, 0.5) is 0 Å². The van der Waals surface area contributed by atoms with Gasteiger partial charge in [0, 0.05) is 43.7 Å². The van der Waals surface area contributed by atoms with E-state index in [4.69, 9.17) is 4.42 Å². The maximum atomic E-state index is 6.54. The van der Waals surface area contributed by atoms with Crippen molar-refractivity contribution >= 4 is 65.6 Å². The first-order valence-corrected chi connectivity index (χ1v) is 17.4. The van der Waals surface area contributed by atoms with Gasteiger partial charge in [0.15, 0.2) is 5.58 Å². The number of benzene rings is 8. The summed E-state index contributed by atoms with van der Waals surface area (Å²) in [6, 6.07) is 65.4. The minimum atomic E-state index is 0.911. The monoisotopic (exact) mass is 650 g/mol. The molecule has 0 unspecified atom stereocenters. The highest BCUT2D eigenvalue weighted by Crippen LogP contribution is 2.40. The van der Waals surface area contributed by atoms with E-state index in [1.807, 2.05) is 6.07 Å². The van der Waals surface area contributed by atoms with Crippen LogP contribution in [-0.2, 0) is 0 Å². The third-order valence-corrected chi connectivity index (χ3v) is 10.5. The Kier molecular flexibility index (Phi) is 5.96. The average Bonchev–Trinajstić information content (AvgIpc) is 3.86. The van der Waals surface area contributed by atoms with E-state index in [1.54, 1.807) is 0 Å². The van der Waals surface area contributed by atoms with Crippen molar-refractivity contribution < 1.29 is 4.42 Å². The summed E-state index contributed by atoms with van der Waals surface area (Å²) in [5, 5.41) is 7.24. The standard InChI is InChI=1S/C48H30N2O/c1-5-16-43-37(12-1)38-13-2-6-17-44(38)49(43)36-11-9-10-34(30-36)33-22-20-31(21-23-33)32-24-26-35(27-25-32)50-45-18-7-3-14-39(45)41-28-29-42-40-15-4-8-19-46(40)51-48(42)47(41)50/h1-30H. The molecule has 3 aromatic heterocycles. The lowest BCUT2D eigenvalue weighted by molar-refractivity contribution is 0.671. The summed E-state index contributed by atoms with van der Waals surface area (Å²) in [6.45, 7) is 0. The SMILES string of the molecule is c1cc(-c2ccc(-c3ccc(-n4c5ccccc5c5ccc6c7ccccc7oc6c54)cc3)cc2)cc(-n2c3ccccc3c3ccccc32)c1. The maximum Gasteiger partial charge on any atom is 0.160 e. The van der Waals surface area contributed by atoms with E-state index in [0.717, 1.165) is 38.8 Å². The van der Waals surface area contributed by atoms with Crippen molar-refractivity contribution in [2.45, 2.75) is 0 Å². The van der Waals surface area contributed by atoms with Crippen LogP contribution >= 0.6 is 0 Å². The predicted molar refractivity (Wildman–Crippen MR) is 213 cm³/mol. The molecule has 0 radical (unpaired) electrons. The van der Waals surface area contributed by atoms with Gasteiger partial charge >= 0.3 is 0 Å². The molecule has 238 valence electrons. The minimum Gasteiger partial charge on any atom is -0.454 e. The van der Waals surface area contributed by atoms with E-state index in [9.17, 15) is 0 Å². The molecule has 0 bridgehead atoms. The van der Waals surface area contributed by atoms with Crippen LogP contribution in [-0.4, -0.2) is 9.13 Å². The number of hydrogen-bond donors (Lipinski definition) is 0. The van der Waals surface area contributed by atoms with Crippen LogP contribution in [0.15, 0.2) is 186 Å². The average molecular weight is 651 g/mol. The Morgan fingerprint density at radius 3 is 1.49 bits per heavy atom. The Hall–Kier alpha value is -6.84. The Morgan fingerprint density at radius 1 is 0.314 bits per heavy atom. The molecule has 0 atom stereocenters. The fourth-order valence-corrected chi connectivity index (χ4v) is 8.18. The summed E-state index contributed by atoms with van der Waals surface area (Å²) < 4.78 is 11.3. The van der Waals surface area contributed by atoms with Crippen molar-refractivity contribution in [1.82, 2.24) is 9.13 Å². The van der Waals surface area contributed by atoms with E-state index in [-0.39, 0.29) is 0 Å². The highest BCUT2D eigenvalue weighted by Gasteiger charge is 2.19. The van der Waals surface area contributed by atoms with Crippen LogP contribution in [0.5, 0.6) is 0 Å². The third-order valence-electron chi connectivity index (χ3n) is 10.5. The van der Waals surface area contributed by atoms with Crippen LogP contribution in [0.3, 0.4) is 0 Å². The van der Waals surface area contributed by atoms with Crippen LogP contribution < -0.4 is 0 Å². The Balaban J connectivity index is 0.968. The molecule has 11 rings (SSSR count). The molecule has 0 fully saturated rings. The fraction of sp³-hybridized carbons (Fsp3) is 0. The molecule has 0 aliphatic carbocycles. The van der Waals surface area contributed by atoms with Gasteiger partial charge in [0.2, 0.25) is 0 Å². The molecule has 51 heavy (non-hydrogen) atoms. The van der Waals surface area contributed by atoms with Gasteiger partial charge in [-0.2, -0.15) is 0 Å². The normalized spacial score (nSPS) is 11.9. The zero-order valence-electron chi connectivity index (χ0n) is 27.6. The van der Waals surface area contributed by atoms with Crippen molar-refractivity contribution in [1.29, 1.82) is 0 Å². The quantitative estimate of drug-likeness (QED) is 0.186. The summed E-state index contributed by atoms with van der Waals surface area (Å²) in [5.74, 6) is 0. The molecule has 8 aromatic carbocycles. The summed E-state index contributed by atoms with van der Waals surface area (Å²) in [7, 11) is 0. The first-order valence-electron chi connectivity index (χ1n) is 17.4. The van der Waals surface area contributed by atoms with Crippen molar-refractivity contribution in [3.8, 4) is 33.6 Å². The van der Waals surface area contributed by atoms with Crippen LogP contribution in [0.2, 0.25) is 0 Å². The van der Waals surface area contributed by atoms with Crippen molar-refractivity contribution in [2.75, 3.05) is 0 Å². The Bertz CT molecular complexity index is 3070. The lowest BCUT2D eigenvalue weighted by Crippen LogP contribution is -1.94. The third kappa shape index (κ3) is 4.19. The van der Waals surface area contributed by atoms with Crippen molar-refractivity contribution in [3.05, 3.63) is 182 Å². The van der Waals surface area contributed by atoms with E-state index < -0.39 is 0 Å². The molecule has 0 saturated heterocycles. The second kappa shape index (κ2) is 10.8. The predicted octanol–water partition coefficient (Wildman–Crippen LogP) is 13.1. The van der Waals surface area contributed by atoms with Crippen molar-refractivity contribution in [2.24, 2.45) is 0 Å². The molecule has 0 aliphatic heterocycles. The van der Waals surface area contributed by atoms with Gasteiger partial charge in [-0.25, -0.2) is 0 Å². The fourth-order valence-electron chi connectivity index (χ4n) is 8.18. The first-order chi connectivity index (χ1) is 25.3. The van der Waals surface area contributed by atoms with Crippen LogP contribution in [0, 0.1) is 0 Å². The topological polar surface area (TPSA) is 23.0 Å². The lowest BCUT2D eigenvalue weighted by atomic mass is 10.00. The van der Waals surface area contributed by atoms with E-state index >= 15 is 0 Å². The number of aromatic nitrogens is 2. The highest BCUT2D eigenvalue weighted by molar-refractivity contribution is 6.21. The van der Waals surface area contributed by atoms with E-state index in [1.165, 1.54) is 60.3 Å². The number of fused-ring (bicyclic) bond motifs is 10. The minimum absolute atomic E-state index is 0.911. The van der Waals surface area contributed by atoms with Gasteiger partial charge < -0.3 is 13.6 Å². The van der Waals surface area contributed by atoms with Gasteiger partial charge in [0.05, 0.1) is 22.1 Å². The van der Waals surface area contributed by atoms with Gasteiger partial charge in [0.1, 0.15) is 5.58 Å². The molecule has 0 aliphatic rings. The second-order valence-corrected chi connectivity index (χ2v) is 13.3. The molecule has 3 heterocycles. The van der Waals surface area contributed by atoms with Gasteiger partial charge in [-0.1, -0.05) is 127 Å². The summed E-state index contributed by atoms with van der Waals surface area (Å²) in [6.07, 6.45) is 0. The molecule has 0 saturated carbocycles. The van der Waals surface area contributed by atoms with Crippen LogP contribution in [0.25, 0.3) is 99.2 Å². The van der Waals surface area contributed by atoms with E-state index in [2.05, 4.69) is 185 Å². The number of para-hydroxylation sites is 4. The van der Waals surface area contributed by atoms with Gasteiger partial charge in [-0.3, -0.25) is 0 Å². The van der Waals surface area contributed by atoms with Crippen molar-refractivity contribution in [3.63, 3.8) is 0 Å². The maximum absolute atomic E-state index is 6.54. The summed E-state index contributed by atoms with van der Waals surface area (Å²) >= 11 is 0. The molecule has 11 aromatic rings.